The number of hydrogen-bond acceptors (Lipinski definition) is 0. The van der Waals surface area contributed by atoms with Gasteiger partial charge in [-0.05, 0) is 32.1 Å². The van der Waals surface area contributed by atoms with Crippen molar-refractivity contribution in [2.75, 3.05) is 0 Å². The van der Waals surface area contributed by atoms with Crippen LogP contribution in [0.3, 0.4) is 0 Å². The predicted octanol–water partition coefficient (Wildman–Crippen LogP) is 4.90. The maximum absolute atomic E-state index is 6.26. The van der Waals surface area contributed by atoms with E-state index in [-0.39, 0.29) is 7.42 Å². The fourth-order valence-electron chi connectivity index (χ4n) is 1.87. The second-order valence-electron chi connectivity index (χ2n) is 4.33. The highest BCUT2D eigenvalue weighted by atomic mass is 31.1. The van der Waals surface area contributed by atoms with Crippen molar-refractivity contribution in [1.82, 2.24) is 0 Å². The van der Waals surface area contributed by atoms with Crippen LogP contribution in [0, 0.1) is 0 Å². The van der Waals surface area contributed by atoms with E-state index in [1.165, 1.54) is 44.9 Å². The van der Waals surface area contributed by atoms with Crippen molar-refractivity contribution in [3.63, 3.8) is 0 Å². The molecule has 86 valence electrons. The molecule has 0 aliphatic carbocycles. The average molecular weight is 225 g/mol. The third-order valence-electron chi connectivity index (χ3n) is 2.85. The fourth-order valence-corrected chi connectivity index (χ4v) is 3.55. The van der Waals surface area contributed by atoms with Crippen LogP contribution >= 0.6 is 7.42 Å². The van der Waals surface area contributed by atoms with Crippen LogP contribution in [-0.4, -0.2) is 19.0 Å². The van der Waals surface area contributed by atoms with Crippen LogP contribution in [0.25, 0.3) is 0 Å². The van der Waals surface area contributed by atoms with Crippen LogP contribution in [-0.2, 0) is 0 Å². The van der Waals surface area contributed by atoms with Crippen LogP contribution in [0.5, 0.6) is 0 Å². The van der Waals surface area contributed by atoms with Gasteiger partial charge >= 0.3 is 7.57 Å². The third-order valence-corrected chi connectivity index (χ3v) is 4.99. The summed E-state index contributed by atoms with van der Waals surface area (Å²) < 4.78 is 0. The number of unbranched alkanes of at least 4 members (excludes halogenated alkanes) is 3. The normalized spacial score (nSPS) is 14.2. The van der Waals surface area contributed by atoms with E-state index in [9.17, 15) is 0 Å². The van der Waals surface area contributed by atoms with Gasteiger partial charge in [0.05, 0.1) is 11.5 Å². The van der Waals surface area contributed by atoms with Gasteiger partial charge in [-0.1, -0.05) is 40.0 Å². The van der Waals surface area contributed by atoms with Crippen LogP contribution in [0.4, 0.5) is 0 Å². The molecule has 2 heteroatoms. The van der Waals surface area contributed by atoms with Gasteiger partial charge in [0.1, 0.15) is 0 Å². The van der Waals surface area contributed by atoms with Gasteiger partial charge in [-0.25, -0.2) is 0 Å². The second kappa shape index (κ2) is 10.7. The van der Waals surface area contributed by atoms with Crippen LogP contribution in [0.2, 0.25) is 0 Å². The first-order valence-corrected chi connectivity index (χ1v) is 8.17. The largest absolute Gasteiger partial charge is 0.440 e. The van der Waals surface area contributed by atoms with E-state index in [1.807, 2.05) is 0 Å². The molecule has 0 amide bonds. The lowest BCUT2D eigenvalue weighted by Crippen LogP contribution is -2.03. The summed E-state index contributed by atoms with van der Waals surface area (Å²) in [5.74, 6) is 2.35. The molecular weight excluding hydrogens is 198 g/mol. The van der Waals surface area contributed by atoms with Crippen molar-refractivity contribution >= 4 is 20.8 Å². The van der Waals surface area contributed by atoms with E-state index >= 15 is 0 Å². The van der Waals surface area contributed by atoms with E-state index in [0.29, 0.717) is 0 Å². The Labute approximate surface area is 99.0 Å². The standard InChI is InChI=1S/C13H27BP/c1-4-7-9-11-13(10-8-5-2)15(14)12-6-3/h12-13H,4-11H2,1-3H3/q+1. The second-order valence-corrected chi connectivity index (χ2v) is 6.32. The van der Waals surface area contributed by atoms with Gasteiger partial charge < -0.3 is 0 Å². The molecule has 0 fully saturated rings. The lowest BCUT2D eigenvalue weighted by Gasteiger charge is -2.10. The fraction of sp³-hybridized carbons (Fsp3) is 0.923. The third kappa shape index (κ3) is 8.08. The molecule has 0 rings (SSSR count). The molecule has 0 aliphatic heterocycles. The van der Waals surface area contributed by atoms with Gasteiger partial charge in [-0.3, -0.25) is 0 Å². The average Bonchev–Trinajstić information content (AvgIpc) is 2.23. The molecule has 2 unspecified atom stereocenters. The minimum Gasteiger partial charge on any atom is -0.0654 e. The molecule has 15 heavy (non-hydrogen) atoms. The molecule has 0 saturated heterocycles. The molecule has 2 atom stereocenters. The molecule has 0 heterocycles. The Balaban J connectivity index is 3.99. The summed E-state index contributed by atoms with van der Waals surface area (Å²) in [6, 6.07) is 0. The van der Waals surface area contributed by atoms with E-state index in [4.69, 9.17) is 7.57 Å². The molecule has 0 aliphatic rings. The minimum absolute atomic E-state index is 0.297. The Morgan fingerprint density at radius 2 is 1.60 bits per heavy atom. The lowest BCUT2D eigenvalue weighted by atomic mass is 10.1. The lowest BCUT2D eigenvalue weighted by molar-refractivity contribution is 0.596. The van der Waals surface area contributed by atoms with Crippen molar-refractivity contribution in [1.29, 1.82) is 0 Å². The molecule has 0 aromatic carbocycles. The number of hydrogen-bond donors (Lipinski definition) is 0. The zero-order valence-electron chi connectivity index (χ0n) is 10.8. The quantitative estimate of drug-likeness (QED) is 0.297. The summed E-state index contributed by atoms with van der Waals surface area (Å²) in [5, 5.41) is 0. The highest BCUT2D eigenvalue weighted by molar-refractivity contribution is 7.81. The summed E-state index contributed by atoms with van der Waals surface area (Å²) in [6.45, 7) is 6.74. The zero-order chi connectivity index (χ0) is 11.5. The molecular formula is C13H27BP+. The van der Waals surface area contributed by atoms with Crippen molar-refractivity contribution in [3.8, 4) is 0 Å². The van der Waals surface area contributed by atoms with Crippen molar-refractivity contribution in [2.24, 2.45) is 0 Å². The highest BCUT2D eigenvalue weighted by Crippen LogP contribution is 2.32. The van der Waals surface area contributed by atoms with Gasteiger partial charge in [0.15, 0.2) is 0 Å². The number of rotatable bonds is 9. The summed E-state index contributed by atoms with van der Waals surface area (Å²) in [6.07, 6.45) is 10.6. The maximum Gasteiger partial charge on any atom is 0.440 e. The topological polar surface area (TPSA) is 0 Å². The summed E-state index contributed by atoms with van der Waals surface area (Å²) >= 11 is 0. The highest BCUT2D eigenvalue weighted by Gasteiger charge is 2.18. The molecule has 0 saturated carbocycles. The Morgan fingerprint density at radius 1 is 1.00 bits per heavy atom. The smallest absolute Gasteiger partial charge is 0.0654 e. The Morgan fingerprint density at radius 3 is 2.13 bits per heavy atom. The molecule has 0 aromatic rings. The molecule has 2 radical (unpaired) electrons. The summed E-state index contributed by atoms with van der Waals surface area (Å²) in [5.41, 5.74) is 0.798. The molecule has 0 bridgehead atoms. The Bertz CT molecular complexity index is 166. The first kappa shape index (κ1) is 15.2. The van der Waals surface area contributed by atoms with Crippen LogP contribution in [0.15, 0.2) is 0 Å². The van der Waals surface area contributed by atoms with Gasteiger partial charge in [-0.2, -0.15) is 0 Å². The predicted molar refractivity (Wildman–Crippen MR) is 76.5 cm³/mol. The Kier molecular flexibility index (Phi) is 10.9. The first-order chi connectivity index (χ1) is 7.26. The van der Waals surface area contributed by atoms with E-state index in [1.54, 1.807) is 0 Å². The summed E-state index contributed by atoms with van der Waals surface area (Å²) in [7, 11) is 5.96. The maximum atomic E-state index is 6.26. The molecule has 0 nitrogen and oxygen atoms in total. The van der Waals surface area contributed by atoms with E-state index in [0.717, 1.165) is 12.1 Å². The SMILES string of the molecule is [B][P+](=CCC)C(CCCC)CCCCC. The van der Waals surface area contributed by atoms with Gasteiger partial charge in [0.2, 0.25) is 0 Å². The van der Waals surface area contributed by atoms with Crippen LogP contribution < -0.4 is 0 Å². The van der Waals surface area contributed by atoms with Crippen molar-refractivity contribution in [2.45, 2.75) is 77.8 Å². The van der Waals surface area contributed by atoms with Gasteiger partial charge in [0, 0.05) is 7.42 Å². The van der Waals surface area contributed by atoms with E-state index < -0.39 is 0 Å². The summed E-state index contributed by atoms with van der Waals surface area (Å²) in [4.78, 5) is 0. The van der Waals surface area contributed by atoms with Crippen LogP contribution in [0.1, 0.15) is 72.1 Å². The van der Waals surface area contributed by atoms with E-state index in [2.05, 4.69) is 26.6 Å². The zero-order valence-corrected chi connectivity index (χ0v) is 11.7. The Hall–Kier alpha value is 0.235. The van der Waals surface area contributed by atoms with Gasteiger partial charge in [-0.15, -0.1) is 0 Å². The molecule has 0 spiro atoms. The van der Waals surface area contributed by atoms with Crippen molar-refractivity contribution in [3.05, 3.63) is 0 Å². The molecule has 0 N–H and O–H groups in total. The molecule has 0 aromatic heterocycles. The first-order valence-electron chi connectivity index (χ1n) is 6.62. The minimum atomic E-state index is -0.297. The van der Waals surface area contributed by atoms with Crippen molar-refractivity contribution < 1.29 is 0 Å². The monoisotopic (exact) mass is 225 g/mol. The van der Waals surface area contributed by atoms with Gasteiger partial charge in [0.25, 0.3) is 0 Å².